The SMILES string of the molecule is N#Cc1cc2cnn(-c3cc(NC4COC4)c(C(=O)NCCC4CC4)cn3)c2nc1N. The lowest BCUT2D eigenvalue weighted by Gasteiger charge is -2.28. The molecule has 158 valence electrons. The van der Waals surface area contributed by atoms with Gasteiger partial charge in [-0.25, -0.2) is 9.97 Å². The maximum atomic E-state index is 12.8. The van der Waals surface area contributed by atoms with Crippen molar-refractivity contribution in [3.05, 3.63) is 35.7 Å². The van der Waals surface area contributed by atoms with Gasteiger partial charge in [0.05, 0.1) is 42.3 Å². The number of nitrogens with one attached hydrogen (secondary N) is 2. The van der Waals surface area contributed by atoms with Crippen LogP contribution in [-0.4, -0.2) is 51.5 Å². The zero-order valence-electron chi connectivity index (χ0n) is 16.8. The first-order valence-corrected chi connectivity index (χ1v) is 10.3. The predicted molar refractivity (Wildman–Crippen MR) is 114 cm³/mol. The highest BCUT2D eigenvalue weighted by Crippen LogP contribution is 2.31. The molecule has 3 aromatic rings. The number of carbonyl (C=O) groups excluding carboxylic acids is 1. The van der Waals surface area contributed by atoms with Crippen molar-refractivity contribution in [2.75, 3.05) is 30.8 Å². The molecule has 0 unspecified atom stereocenters. The minimum atomic E-state index is -0.159. The molecule has 4 N–H and O–H groups in total. The maximum Gasteiger partial charge on any atom is 0.254 e. The Morgan fingerprint density at radius 2 is 2.16 bits per heavy atom. The number of nitriles is 1. The summed E-state index contributed by atoms with van der Waals surface area (Å²) in [6, 6.07) is 5.58. The van der Waals surface area contributed by atoms with E-state index in [9.17, 15) is 4.79 Å². The number of pyridine rings is 2. The number of nitrogen functional groups attached to an aromatic ring is 1. The van der Waals surface area contributed by atoms with E-state index in [0.29, 0.717) is 53.4 Å². The molecule has 31 heavy (non-hydrogen) atoms. The first kappa shape index (κ1) is 19.3. The van der Waals surface area contributed by atoms with Gasteiger partial charge in [0.15, 0.2) is 11.5 Å². The number of nitrogens with zero attached hydrogens (tertiary/aromatic N) is 5. The van der Waals surface area contributed by atoms with Crippen LogP contribution in [0.5, 0.6) is 0 Å². The van der Waals surface area contributed by atoms with Crippen molar-refractivity contribution in [2.45, 2.75) is 25.3 Å². The Hall–Kier alpha value is -3.71. The summed E-state index contributed by atoms with van der Waals surface area (Å²) in [5, 5.41) is 20.6. The summed E-state index contributed by atoms with van der Waals surface area (Å²) in [6.45, 7) is 1.83. The van der Waals surface area contributed by atoms with E-state index in [-0.39, 0.29) is 17.8 Å². The highest BCUT2D eigenvalue weighted by molar-refractivity contribution is 5.99. The third kappa shape index (κ3) is 3.87. The molecular formula is C21H22N8O2. The quantitative estimate of drug-likeness (QED) is 0.525. The van der Waals surface area contributed by atoms with Crippen LogP contribution in [0.3, 0.4) is 0 Å². The van der Waals surface area contributed by atoms with E-state index in [4.69, 9.17) is 15.7 Å². The van der Waals surface area contributed by atoms with Gasteiger partial charge < -0.3 is 21.1 Å². The molecule has 1 saturated carbocycles. The average Bonchev–Trinajstić information content (AvgIpc) is 3.48. The summed E-state index contributed by atoms with van der Waals surface area (Å²) < 4.78 is 6.80. The molecule has 4 heterocycles. The Balaban J connectivity index is 1.47. The summed E-state index contributed by atoms with van der Waals surface area (Å²) in [5.41, 5.74) is 7.81. The molecule has 1 aliphatic heterocycles. The maximum absolute atomic E-state index is 12.8. The number of nitrogens with two attached hydrogens (primary N) is 1. The second-order valence-electron chi connectivity index (χ2n) is 7.96. The van der Waals surface area contributed by atoms with Crippen LogP contribution in [0.4, 0.5) is 11.5 Å². The largest absolute Gasteiger partial charge is 0.383 e. The second kappa shape index (κ2) is 7.85. The average molecular weight is 418 g/mol. The highest BCUT2D eigenvalue weighted by atomic mass is 16.5. The molecule has 0 aromatic carbocycles. The molecule has 3 aromatic heterocycles. The van der Waals surface area contributed by atoms with E-state index in [1.54, 1.807) is 29.2 Å². The van der Waals surface area contributed by atoms with Crippen molar-refractivity contribution in [2.24, 2.45) is 5.92 Å². The zero-order chi connectivity index (χ0) is 21.4. The number of hydrogen-bond donors (Lipinski definition) is 3. The Labute approximate surface area is 178 Å². The van der Waals surface area contributed by atoms with Crippen LogP contribution in [0.15, 0.2) is 24.5 Å². The topological polar surface area (TPSA) is 144 Å². The first-order chi connectivity index (χ1) is 15.1. The van der Waals surface area contributed by atoms with Crippen LogP contribution < -0.4 is 16.4 Å². The monoisotopic (exact) mass is 418 g/mol. The number of fused-ring (bicyclic) bond motifs is 1. The van der Waals surface area contributed by atoms with Gasteiger partial charge in [0.25, 0.3) is 5.91 Å². The number of ether oxygens (including phenoxy) is 1. The van der Waals surface area contributed by atoms with Crippen molar-refractivity contribution in [3.63, 3.8) is 0 Å². The lowest BCUT2D eigenvalue weighted by atomic mass is 10.1. The van der Waals surface area contributed by atoms with Crippen LogP contribution in [0, 0.1) is 17.2 Å². The molecule has 1 aliphatic carbocycles. The minimum absolute atomic E-state index is 0.133. The zero-order valence-corrected chi connectivity index (χ0v) is 16.8. The van der Waals surface area contributed by atoms with Crippen LogP contribution in [0.1, 0.15) is 35.2 Å². The standard InChI is InChI=1S/C21H22N8O2/c22-7-13-5-14-8-26-29(20(14)28-19(13)23)18-6-17(27-15-10-31-11-15)16(9-25-18)21(30)24-4-3-12-1-2-12/h5-6,8-9,12,15H,1-4,10-11H2,(H2,23,28)(H,24,30)(H,25,27). The van der Waals surface area contributed by atoms with Crippen molar-refractivity contribution in [3.8, 4) is 11.9 Å². The Bertz CT molecular complexity index is 1190. The fourth-order valence-corrected chi connectivity index (χ4v) is 3.52. The van der Waals surface area contributed by atoms with E-state index in [2.05, 4.69) is 25.7 Å². The minimum Gasteiger partial charge on any atom is -0.383 e. The molecule has 0 bridgehead atoms. The van der Waals surface area contributed by atoms with Crippen molar-refractivity contribution >= 4 is 28.4 Å². The van der Waals surface area contributed by atoms with Crippen molar-refractivity contribution in [1.29, 1.82) is 5.26 Å². The number of anilines is 2. The number of carbonyl (C=O) groups is 1. The molecule has 2 aliphatic rings. The molecule has 5 rings (SSSR count). The number of aromatic nitrogens is 4. The number of amides is 1. The molecule has 0 spiro atoms. The van der Waals surface area contributed by atoms with E-state index >= 15 is 0 Å². The van der Waals surface area contributed by atoms with E-state index in [1.165, 1.54) is 12.8 Å². The lowest BCUT2D eigenvalue weighted by Crippen LogP contribution is -2.41. The second-order valence-corrected chi connectivity index (χ2v) is 7.96. The summed E-state index contributed by atoms with van der Waals surface area (Å²) in [4.78, 5) is 21.5. The highest BCUT2D eigenvalue weighted by Gasteiger charge is 2.24. The van der Waals surface area contributed by atoms with Gasteiger partial charge in [-0.3, -0.25) is 4.79 Å². The number of rotatable bonds is 7. The Morgan fingerprint density at radius 3 is 2.87 bits per heavy atom. The van der Waals surface area contributed by atoms with Gasteiger partial charge >= 0.3 is 0 Å². The summed E-state index contributed by atoms with van der Waals surface area (Å²) in [5.74, 6) is 1.21. The van der Waals surface area contributed by atoms with Gasteiger partial charge in [-0.05, 0) is 18.4 Å². The van der Waals surface area contributed by atoms with Gasteiger partial charge in [-0.2, -0.15) is 15.0 Å². The molecule has 0 atom stereocenters. The molecule has 10 heteroatoms. The fraction of sp³-hybridized carbons (Fsp3) is 0.381. The summed E-state index contributed by atoms with van der Waals surface area (Å²) in [6.07, 6.45) is 6.67. The van der Waals surface area contributed by atoms with Gasteiger partial charge in [0.2, 0.25) is 0 Å². The molecule has 2 fully saturated rings. The van der Waals surface area contributed by atoms with Crippen LogP contribution in [-0.2, 0) is 4.74 Å². The van der Waals surface area contributed by atoms with Gasteiger partial charge in [0, 0.05) is 24.2 Å². The van der Waals surface area contributed by atoms with Gasteiger partial charge in [-0.1, -0.05) is 12.8 Å². The van der Waals surface area contributed by atoms with E-state index in [1.807, 2.05) is 6.07 Å². The smallest absolute Gasteiger partial charge is 0.254 e. The molecule has 0 radical (unpaired) electrons. The van der Waals surface area contributed by atoms with Crippen LogP contribution >= 0.6 is 0 Å². The first-order valence-electron chi connectivity index (χ1n) is 10.3. The molecule has 1 amide bonds. The Kier molecular flexibility index (Phi) is 4.88. The molecule has 1 saturated heterocycles. The molecule has 10 nitrogen and oxygen atoms in total. The van der Waals surface area contributed by atoms with E-state index in [0.717, 1.165) is 12.3 Å². The Morgan fingerprint density at radius 1 is 1.32 bits per heavy atom. The van der Waals surface area contributed by atoms with Crippen molar-refractivity contribution in [1.82, 2.24) is 25.1 Å². The van der Waals surface area contributed by atoms with Gasteiger partial charge in [-0.15, -0.1) is 0 Å². The third-order valence-electron chi connectivity index (χ3n) is 5.58. The lowest BCUT2D eigenvalue weighted by molar-refractivity contribution is 0.0210. The number of hydrogen-bond acceptors (Lipinski definition) is 8. The third-order valence-corrected chi connectivity index (χ3v) is 5.58. The molecular weight excluding hydrogens is 396 g/mol. The van der Waals surface area contributed by atoms with Crippen LogP contribution in [0.2, 0.25) is 0 Å². The van der Waals surface area contributed by atoms with Crippen LogP contribution in [0.25, 0.3) is 16.9 Å². The van der Waals surface area contributed by atoms with Crippen molar-refractivity contribution < 1.29 is 9.53 Å². The van der Waals surface area contributed by atoms with E-state index < -0.39 is 0 Å². The predicted octanol–water partition coefficient (Wildman–Crippen LogP) is 1.61. The summed E-state index contributed by atoms with van der Waals surface area (Å²) >= 11 is 0. The van der Waals surface area contributed by atoms with Gasteiger partial charge in [0.1, 0.15) is 11.9 Å². The summed E-state index contributed by atoms with van der Waals surface area (Å²) in [7, 11) is 0. The normalized spacial score (nSPS) is 16.0. The fourth-order valence-electron chi connectivity index (χ4n) is 3.52.